The van der Waals surface area contributed by atoms with E-state index in [2.05, 4.69) is 22.6 Å². The molecule has 3 aliphatic rings. The Bertz CT molecular complexity index is 1090. The molecule has 152 valence electrons. The van der Waals surface area contributed by atoms with Crippen molar-refractivity contribution in [1.29, 1.82) is 0 Å². The summed E-state index contributed by atoms with van der Waals surface area (Å²) in [4.78, 5) is 37.2. The van der Waals surface area contributed by atoms with Crippen molar-refractivity contribution in [3.8, 4) is 5.75 Å². The Labute approximate surface area is 191 Å². The minimum atomic E-state index is -2.53. The first-order chi connectivity index (χ1) is 13.5. The van der Waals surface area contributed by atoms with E-state index in [1.807, 2.05) is 22.6 Å². The molecular formula is C19H15I2NO7. The van der Waals surface area contributed by atoms with E-state index in [1.165, 1.54) is 0 Å². The van der Waals surface area contributed by atoms with Gasteiger partial charge in [0.05, 0.1) is 9.13 Å². The Balaban J connectivity index is 1.96. The van der Waals surface area contributed by atoms with E-state index in [9.17, 15) is 34.8 Å². The number of carbonyl (C=O) groups excluding carboxylic acids is 3. The van der Waals surface area contributed by atoms with Gasteiger partial charge in [0.1, 0.15) is 22.8 Å². The van der Waals surface area contributed by atoms with Gasteiger partial charge in [0.15, 0.2) is 11.4 Å². The number of halogens is 2. The molecule has 0 radical (unpaired) electrons. The lowest BCUT2D eigenvalue weighted by Gasteiger charge is -2.46. The van der Waals surface area contributed by atoms with Crippen molar-refractivity contribution in [2.75, 3.05) is 0 Å². The number of hydrogen-bond donors (Lipinski definition) is 5. The number of nitrogens with two attached hydrogens (primary N) is 1. The van der Waals surface area contributed by atoms with Crippen molar-refractivity contribution in [2.24, 2.45) is 17.6 Å². The molecule has 3 atom stereocenters. The molecule has 1 amide bonds. The fourth-order valence-corrected chi connectivity index (χ4v) is 6.59. The maximum absolute atomic E-state index is 13.3. The lowest BCUT2D eigenvalue weighted by Crippen LogP contribution is -2.58. The summed E-state index contributed by atoms with van der Waals surface area (Å²) in [5.74, 6) is -6.13. The van der Waals surface area contributed by atoms with Crippen molar-refractivity contribution in [2.45, 2.75) is 24.9 Å². The van der Waals surface area contributed by atoms with Crippen LogP contribution >= 0.6 is 45.2 Å². The molecule has 29 heavy (non-hydrogen) atoms. The van der Waals surface area contributed by atoms with Crippen LogP contribution < -0.4 is 5.73 Å². The molecule has 3 aliphatic carbocycles. The summed E-state index contributed by atoms with van der Waals surface area (Å²) in [6.07, 6.45) is 0.125. The highest BCUT2D eigenvalue weighted by molar-refractivity contribution is 14.1. The van der Waals surface area contributed by atoms with Crippen molar-refractivity contribution >= 4 is 68.4 Å². The Kier molecular flexibility index (Phi) is 4.74. The summed E-state index contributed by atoms with van der Waals surface area (Å²) in [5.41, 5.74) is 2.50. The molecule has 1 aromatic rings. The molecular weight excluding hydrogens is 608 g/mol. The number of fused-ring (bicyclic) bond motifs is 3. The van der Waals surface area contributed by atoms with E-state index >= 15 is 0 Å². The minimum absolute atomic E-state index is 0.119. The highest BCUT2D eigenvalue weighted by atomic mass is 127. The molecule has 0 spiro atoms. The fourth-order valence-electron chi connectivity index (χ4n) is 4.61. The van der Waals surface area contributed by atoms with Gasteiger partial charge in [-0.25, -0.2) is 0 Å². The van der Waals surface area contributed by atoms with Gasteiger partial charge in [-0.1, -0.05) is 0 Å². The number of aliphatic hydroxyl groups excluding tert-OH is 2. The number of ketones is 2. The van der Waals surface area contributed by atoms with Gasteiger partial charge in [-0.3, -0.25) is 14.4 Å². The first kappa shape index (κ1) is 20.6. The third-order valence-corrected chi connectivity index (χ3v) is 7.75. The third kappa shape index (κ3) is 2.68. The average molecular weight is 623 g/mol. The van der Waals surface area contributed by atoms with Gasteiger partial charge in [0, 0.05) is 21.5 Å². The van der Waals surface area contributed by atoms with E-state index in [0.29, 0.717) is 15.6 Å². The minimum Gasteiger partial charge on any atom is -0.508 e. The van der Waals surface area contributed by atoms with Crippen LogP contribution in [0, 0.1) is 19.0 Å². The molecule has 1 fully saturated rings. The first-order valence-corrected chi connectivity index (χ1v) is 10.8. The van der Waals surface area contributed by atoms with Crippen molar-refractivity contribution < 1.29 is 34.8 Å². The van der Waals surface area contributed by atoms with Crippen LogP contribution in [0.15, 0.2) is 23.0 Å². The molecule has 0 aromatic heterocycles. The van der Waals surface area contributed by atoms with Gasteiger partial charge in [0.2, 0.25) is 5.78 Å². The normalized spacial score (nSPS) is 28.8. The molecule has 1 aromatic carbocycles. The molecule has 1 saturated carbocycles. The number of aliphatic hydroxyl groups is 3. The quantitative estimate of drug-likeness (QED) is 0.235. The number of aromatic hydroxyl groups is 1. The number of hydrogen-bond acceptors (Lipinski definition) is 7. The Hall–Kier alpha value is -1.67. The molecule has 0 unspecified atom stereocenters. The smallest absolute Gasteiger partial charge is 0.255 e. The van der Waals surface area contributed by atoms with E-state index < -0.39 is 52.0 Å². The molecule has 10 heteroatoms. The van der Waals surface area contributed by atoms with Crippen molar-refractivity contribution in [3.05, 3.63) is 41.2 Å². The van der Waals surface area contributed by atoms with Gasteiger partial charge < -0.3 is 26.2 Å². The summed E-state index contributed by atoms with van der Waals surface area (Å²) in [7, 11) is 0. The largest absolute Gasteiger partial charge is 0.508 e. The topological polar surface area (TPSA) is 158 Å². The van der Waals surface area contributed by atoms with Crippen LogP contribution in [0.3, 0.4) is 0 Å². The van der Waals surface area contributed by atoms with E-state index in [1.54, 1.807) is 6.07 Å². The van der Waals surface area contributed by atoms with Crippen LogP contribution in [0.25, 0.3) is 5.76 Å². The van der Waals surface area contributed by atoms with Gasteiger partial charge >= 0.3 is 0 Å². The second kappa shape index (κ2) is 6.67. The SMILES string of the molecule is NC(=O)C1=C(O)[C@@]2(O)C(=O)C3=C(O)c4c(O)c(I)cc(I)c4C[C@H]3C[C@H]2CC1=O. The van der Waals surface area contributed by atoms with Gasteiger partial charge in [0.25, 0.3) is 5.91 Å². The van der Waals surface area contributed by atoms with Gasteiger partial charge in [-0.05, 0) is 75.6 Å². The highest BCUT2D eigenvalue weighted by Gasteiger charge is 2.60. The Morgan fingerprint density at radius 2 is 1.79 bits per heavy atom. The summed E-state index contributed by atoms with van der Waals surface area (Å²) >= 11 is 3.99. The zero-order valence-electron chi connectivity index (χ0n) is 14.7. The van der Waals surface area contributed by atoms with E-state index in [4.69, 9.17) is 5.73 Å². The first-order valence-electron chi connectivity index (χ1n) is 8.67. The van der Waals surface area contributed by atoms with Crippen LogP contribution in [-0.2, 0) is 20.8 Å². The predicted octanol–water partition coefficient (Wildman–Crippen LogP) is 1.63. The maximum atomic E-state index is 13.3. The zero-order chi connectivity index (χ0) is 21.4. The number of phenols is 1. The van der Waals surface area contributed by atoms with E-state index in [-0.39, 0.29) is 29.7 Å². The summed E-state index contributed by atoms with van der Waals surface area (Å²) in [6.45, 7) is 0. The number of carbonyl (C=O) groups is 3. The second-order valence-corrected chi connectivity index (χ2v) is 9.77. The van der Waals surface area contributed by atoms with Crippen molar-refractivity contribution in [1.82, 2.24) is 0 Å². The van der Waals surface area contributed by atoms with Gasteiger partial charge in [-0.15, -0.1) is 0 Å². The molecule has 8 nitrogen and oxygen atoms in total. The fraction of sp³-hybridized carbons (Fsp3) is 0.316. The molecule has 0 bridgehead atoms. The lowest BCUT2D eigenvalue weighted by molar-refractivity contribution is -0.147. The second-order valence-electron chi connectivity index (χ2n) is 7.45. The number of rotatable bonds is 1. The van der Waals surface area contributed by atoms with Crippen LogP contribution in [0.2, 0.25) is 0 Å². The van der Waals surface area contributed by atoms with E-state index in [0.717, 1.165) is 3.57 Å². The highest BCUT2D eigenvalue weighted by Crippen LogP contribution is 2.52. The summed E-state index contributed by atoms with van der Waals surface area (Å²) in [6, 6.07) is 1.76. The Morgan fingerprint density at radius 3 is 2.41 bits per heavy atom. The van der Waals surface area contributed by atoms with Gasteiger partial charge in [-0.2, -0.15) is 0 Å². The molecule has 0 heterocycles. The Morgan fingerprint density at radius 1 is 1.14 bits per heavy atom. The molecule has 6 N–H and O–H groups in total. The average Bonchev–Trinajstić information content (AvgIpc) is 2.62. The molecule has 0 saturated heterocycles. The monoisotopic (exact) mass is 623 g/mol. The maximum Gasteiger partial charge on any atom is 0.255 e. The summed E-state index contributed by atoms with van der Waals surface area (Å²) < 4.78 is 1.29. The number of amides is 1. The number of phenolic OH excluding ortho intramolecular Hbond substituents is 1. The third-order valence-electron chi connectivity index (χ3n) is 5.96. The van der Waals surface area contributed by atoms with Crippen LogP contribution in [0.5, 0.6) is 5.75 Å². The zero-order valence-corrected chi connectivity index (χ0v) is 19.0. The molecule has 4 rings (SSSR count). The van der Waals surface area contributed by atoms with Crippen LogP contribution in [-0.4, -0.2) is 43.5 Å². The predicted molar refractivity (Wildman–Crippen MR) is 117 cm³/mol. The van der Waals surface area contributed by atoms with Crippen molar-refractivity contribution in [3.63, 3.8) is 0 Å². The van der Waals surface area contributed by atoms with Crippen LogP contribution in [0.1, 0.15) is 24.0 Å². The van der Waals surface area contributed by atoms with Crippen LogP contribution in [0.4, 0.5) is 0 Å². The lowest BCUT2D eigenvalue weighted by atomic mass is 9.59. The number of Topliss-reactive ketones (excluding diaryl/α,β-unsaturated/α-hetero) is 2. The number of benzene rings is 1. The number of primary amides is 1. The molecule has 0 aliphatic heterocycles. The summed E-state index contributed by atoms with van der Waals surface area (Å²) in [5, 5.41) is 43.0. The standard InChI is InChI=1S/C19H15I2NO7/c20-8-4-9(21)14(24)12-7(8)2-5-1-6-3-10(23)13(18(22)28)17(27)19(6,29)16(26)11(5)15(12)25/h4-6,24-25,27,29H,1-3H2,(H2,22,28)/t5-,6+,19+/m1/s1.